The van der Waals surface area contributed by atoms with Gasteiger partial charge in [-0.3, -0.25) is 0 Å². The molecular formula is C35H58MnN2O3. The number of aromatic hydroxyl groups is 2. The van der Waals surface area contributed by atoms with Gasteiger partial charge in [-0.05, 0) is 19.3 Å². The van der Waals surface area contributed by atoms with Crippen LogP contribution in [0.4, 0.5) is 0 Å². The average molecular weight is 610 g/mol. The van der Waals surface area contributed by atoms with Crippen molar-refractivity contribution in [3.8, 4) is 11.5 Å². The molecule has 2 aromatic carbocycles. The van der Waals surface area contributed by atoms with E-state index in [1.165, 1.54) is 30.4 Å². The number of ether oxygens (including phenoxy) is 1. The maximum absolute atomic E-state index is 11.0. The van der Waals surface area contributed by atoms with Gasteiger partial charge in [-0.15, -0.1) is 0 Å². The number of nitrogens with one attached hydrogen (secondary N) is 2. The molecule has 0 radical (unpaired) electrons. The standard InChI is InChI=1S/2C15H24NO.C5H10O.Mn/c2*1-14(2,3)11-7-10(9-16)13(17)12(8-11)15(4,5)6;1-2-4-6-5-3-1;/h2*7-8,16-17H,9H2,1-6H3;1-5H2;/q2*-1;;+2. The molecule has 6 heteroatoms. The normalized spacial score (nSPS) is 14.9. The van der Waals surface area contributed by atoms with Crippen molar-refractivity contribution < 1.29 is 30.3 Å². The van der Waals surface area contributed by atoms with Crippen LogP contribution in [0.5, 0.6) is 11.5 Å². The molecule has 1 fully saturated rings. The Morgan fingerprint density at radius 1 is 0.585 bits per heavy atom. The molecule has 233 valence electrons. The van der Waals surface area contributed by atoms with Crippen molar-refractivity contribution in [1.82, 2.24) is 8.67 Å². The predicted octanol–water partition coefficient (Wildman–Crippen LogP) is 8.27. The first-order chi connectivity index (χ1) is 18.7. The van der Waals surface area contributed by atoms with Crippen LogP contribution in [-0.4, -0.2) is 23.4 Å². The van der Waals surface area contributed by atoms with Crippen LogP contribution < -0.4 is 8.67 Å². The molecule has 1 heterocycles. The summed E-state index contributed by atoms with van der Waals surface area (Å²) in [6.07, 6.45) is 3.93. The molecule has 3 rings (SSSR count). The van der Waals surface area contributed by atoms with E-state index in [-0.39, 0.29) is 37.1 Å². The number of rotatable bonds is 6. The molecule has 1 saturated heterocycles. The van der Waals surface area contributed by atoms with E-state index >= 15 is 0 Å². The zero-order valence-electron chi connectivity index (χ0n) is 27.9. The molecule has 0 aromatic heterocycles. The summed E-state index contributed by atoms with van der Waals surface area (Å²) < 4.78 is 12.0. The van der Waals surface area contributed by atoms with Gasteiger partial charge in [0.2, 0.25) is 0 Å². The van der Waals surface area contributed by atoms with Crippen LogP contribution in [0.2, 0.25) is 0 Å². The molecular weight excluding hydrogens is 551 g/mol. The zero-order chi connectivity index (χ0) is 31.2. The van der Waals surface area contributed by atoms with E-state index in [4.69, 9.17) is 4.74 Å². The second-order valence-electron chi connectivity index (χ2n) is 15.5. The summed E-state index contributed by atoms with van der Waals surface area (Å²) in [5, 5.41) is 22.0. The van der Waals surface area contributed by atoms with Crippen molar-refractivity contribution in [2.75, 3.05) is 13.2 Å². The van der Waals surface area contributed by atoms with Gasteiger partial charge in [0.15, 0.2) is 0 Å². The molecule has 5 nitrogen and oxygen atoms in total. The summed E-state index contributed by atoms with van der Waals surface area (Å²) in [7, 11) is 0. The summed E-state index contributed by atoms with van der Waals surface area (Å²) in [6, 6.07) is 8.54. The van der Waals surface area contributed by atoms with Crippen LogP contribution in [0.25, 0.3) is 0 Å². The summed E-state index contributed by atoms with van der Waals surface area (Å²) in [5.41, 5.74) is 6.00. The number of benzene rings is 2. The molecule has 0 unspecified atom stereocenters. The second kappa shape index (κ2) is 14.3. The molecule has 0 amide bonds. The first-order valence-electron chi connectivity index (χ1n) is 15.1. The van der Waals surface area contributed by atoms with Gasteiger partial charge in [0.1, 0.15) is 0 Å². The van der Waals surface area contributed by atoms with Crippen molar-refractivity contribution in [2.24, 2.45) is 0 Å². The summed E-state index contributed by atoms with van der Waals surface area (Å²) in [4.78, 5) is 0. The molecule has 2 aromatic rings. The van der Waals surface area contributed by atoms with E-state index in [2.05, 4.69) is 116 Å². The third-order valence-electron chi connectivity index (χ3n) is 7.45. The first kappa shape index (κ1) is 35.6. The first-order valence-corrected chi connectivity index (χ1v) is 16.3. The van der Waals surface area contributed by atoms with Gasteiger partial charge in [0.25, 0.3) is 0 Å². The van der Waals surface area contributed by atoms with Crippen molar-refractivity contribution >= 4 is 0 Å². The Labute approximate surface area is 257 Å². The van der Waals surface area contributed by atoms with E-state index in [0.717, 1.165) is 35.5 Å². The summed E-state index contributed by atoms with van der Waals surface area (Å²) >= 11 is 0.253. The third-order valence-corrected chi connectivity index (χ3v) is 8.29. The fourth-order valence-electron chi connectivity index (χ4n) is 4.61. The quantitative estimate of drug-likeness (QED) is 0.196. The third kappa shape index (κ3) is 10.9. The van der Waals surface area contributed by atoms with Crippen LogP contribution in [-0.2, 0) is 54.9 Å². The number of phenolic OH excluding ortho intramolecular Hbond substituents is 2. The summed E-state index contributed by atoms with van der Waals surface area (Å²) in [6.45, 7) is 29.2. The van der Waals surface area contributed by atoms with Crippen molar-refractivity contribution in [3.05, 3.63) is 57.6 Å². The molecule has 0 aliphatic carbocycles. The Morgan fingerprint density at radius 2 is 0.951 bits per heavy atom. The van der Waals surface area contributed by atoms with Gasteiger partial charge < -0.3 is 4.74 Å². The zero-order valence-corrected chi connectivity index (χ0v) is 29.1. The van der Waals surface area contributed by atoms with E-state index in [1.807, 2.05) is 0 Å². The van der Waals surface area contributed by atoms with Gasteiger partial charge in [0.05, 0.1) is 0 Å². The molecule has 0 spiro atoms. The van der Waals surface area contributed by atoms with Crippen LogP contribution in [0.3, 0.4) is 0 Å². The Morgan fingerprint density at radius 3 is 1.20 bits per heavy atom. The van der Waals surface area contributed by atoms with Crippen molar-refractivity contribution in [2.45, 2.75) is 137 Å². The number of hydrogen-bond donors (Lipinski definition) is 4. The molecule has 41 heavy (non-hydrogen) atoms. The number of hydrogen-bond acceptors (Lipinski definition) is 5. The van der Waals surface area contributed by atoms with Gasteiger partial charge in [-0.1, -0.05) is 0 Å². The van der Waals surface area contributed by atoms with Gasteiger partial charge in [0, 0.05) is 13.2 Å². The maximum atomic E-state index is 11.0. The minimum absolute atomic E-state index is 0.00360. The molecule has 1 aliphatic heterocycles. The van der Waals surface area contributed by atoms with Crippen molar-refractivity contribution in [3.63, 3.8) is 0 Å². The Kier molecular flexibility index (Phi) is 12.4. The van der Waals surface area contributed by atoms with Crippen LogP contribution >= 0.6 is 0 Å². The Balaban J connectivity index is 0.000000864. The molecule has 0 bridgehead atoms. The molecule has 4 N–H and O–H groups in total. The van der Waals surface area contributed by atoms with E-state index < -0.39 is 0 Å². The average Bonchev–Trinajstić information content (AvgIpc) is 2.84. The Bertz CT molecular complexity index is 1030. The topological polar surface area (TPSA) is 73.8 Å². The minimum atomic E-state index is -0.138. The van der Waals surface area contributed by atoms with Crippen molar-refractivity contribution in [1.29, 1.82) is 0 Å². The van der Waals surface area contributed by atoms with E-state index in [9.17, 15) is 10.2 Å². The fraction of sp³-hybridized carbons (Fsp3) is 0.657. The van der Waals surface area contributed by atoms with Gasteiger partial charge >= 0.3 is 221 Å². The van der Waals surface area contributed by atoms with Crippen LogP contribution in [0.1, 0.15) is 136 Å². The molecule has 1 aliphatic rings. The molecule has 0 saturated carbocycles. The molecule has 0 atom stereocenters. The van der Waals surface area contributed by atoms with Crippen LogP contribution in [0, 0.1) is 0 Å². The van der Waals surface area contributed by atoms with Gasteiger partial charge in [-0.25, -0.2) is 0 Å². The van der Waals surface area contributed by atoms with E-state index in [0.29, 0.717) is 24.6 Å². The van der Waals surface area contributed by atoms with Gasteiger partial charge in [-0.2, -0.15) is 0 Å². The fourth-order valence-corrected chi connectivity index (χ4v) is 5.42. The van der Waals surface area contributed by atoms with E-state index in [1.54, 1.807) is 0 Å². The predicted molar refractivity (Wildman–Crippen MR) is 169 cm³/mol. The number of phenols is 2. The second-order valence-corrected chi connectivity index (χ2v) is 16.6. The Hall–Kier alpha value is -1.56. The summed E-state index contributed by atoms with van der Waals surface area (Å²) in [5.74, 6) is 0.766. The monoisotopic (exact) mass is 609 g/mol. The SMILES string of the molecule is C1CCOCC1.CC(C)(C)c1cc(C[NH][Mn][NH]Cc2cc(C(C)(C)C)cc(C(C)(C)C)c2O)c(O)c(C(C)(C)C)c1. The van der Waals surface area contributed by atoms with Crippen LogP contribution in [0.15, 0.2) is 24.3 Å².